The largest absolute Gasteiger partial charge is 0.368 e. The quantitative estimate of drug-likeness (QED) is 0.861. The van der Waals surface area contributed by atoms with E-state index in [-0.39, 0.29) is 5.75 Å². The maximum Gasteiger partial charge on any atom is 0.156 e. The molecule has 0 fully saturated rings. The fourth-order valence-corrected chi connectivity index (χ4v) is 2.11. The summed E-state index contributed by atoms with van der Waals surface area (Å²) in [6.45, 7) is 5.52. The Bertz CT molecular complexity index is 443. The molecule has 0 aliphatic rings. The van der Waals surface area contributed by atoms with Crippen LogP contribution in [0.25, 0.3) is 0 Å². The average molecular weight is 245 g/mol. The van der Waals surface area contributed by atoms with E-state index in [1.165, 1.54) is 0 Å². The zero-order valence-electron chi connectivity index (χ0n) is 10.2. The van der Waals surface area contributed by atoms with E-state index >= 15 is 0 Å². The van der Waals surface area contributed by atoms with Crippen molar-refractivity contribution >= 4 is 15.7 Å². The van der Waals surface area contributed by atoms with Crippen LogP contribution < -0.4 is 5.32 Å². The van der Waals surface area contributed by atoms with Crippen molar-refractivity contribution in [2.75, 3.05) is 17.6 Å². The molecule has 6 heteroatoms. The maximum absolute atomic E-state index is 11.8. The lowest BCUT2D eigenvalue weighted by Crippen LogP contribution is -2.32. The molecule has 1 heterocycles. The Morgan fingerprint density at radius 2 is 2.06 bits per heavy atom. The zero-order chi connectivity index (χ0) is 12.4. The first kappa shape index (κ1) is 13.0. The van der Waals surface area contributed by atoms with Gasteiger partial charge in [-0.1, -0.05) is 0 Å². The minimum Gasteiger partial charge on any atom is -0.368 e. The van der Waals surface area contributed by atoms with Crippen molar-refractivity contribution in [3.63, 3.8) is 0 Å². The Morgan fingerprint density at radius 3 is 2.50 bits per heavy atom. The Morgan fingerprint density at radius 1 is 1.44 bits per heavy atom. The predicted octanol–water partition coefficient (Wildman–Crippen LogP) is 1.05. The van der Waals surface area contributed by atoms with Crippen molar-refractivity contribution in [1.29, 1.82) is 0 Å². The molecule has 0 radical (unpaired) electrons. The van der Waals surface area contributed by atoms with Gasteiger partial charge in [0.25, 0.3) is 0 Å². The number of hydrogen-bond acceptors (Lipinski definition) is 4. The smallest absolute Gasteiger partial charge is 0.156 e. The Labute approximate surface area is 96.8 Å². The lowest BCUT2D eigenvalue weighted by molar-refractivity contribution is 0.560. The standard InChI is InChI=1S/C10H19N3O2S/c1-10(2,3)16(14,15)8-6-11-9-5-7-13(4)12-9/h5,7H,6,8H2,1-4H3,(H,11,12). The van der Waals surface area contributed by atoms with Crippen LogP contribution >= 0.6 is 0 Å². The monoisotopic (exact) mass is 245 g/mol. The highest BCUT2D eigenvalue weighted by molar-refractivity contribution is 7.92. The van der Waals surface area contributed by atoms with Gasteiger partial charge in [0.1, 0.15) is 5.82 Å². The molecule has 0 amide bonds. The highest BCUT2D eigenvalue weighted by Gasteiger charge is 2.28. The lowest BCUT2D eigenvalue weighted by atomic mass is 10.3. The summed E-state index contributed by atoms with van der Waals surface area (Å²) in [5.41, 5.74) is 0. The molecule has 16 heavy (non-hydrogen) atoms. The first-order chi connectivity index (χ1) is 7.22. The van der Waals surface area contributed by atoms with Crippen molar-refractivity contribution in [2.45, 2.75) is 25.5 Å². The predicted molar refractivity (Wildman–Crippen MR) is 65.2 cm³/mol. The topological polar surface area (TPSA) is 64.0 Å². The number of rotatable bonds is 4. The van der Waals surface area contributed by atoms with Gasteiger partial charge in [-0.05, 0) is 20.8 Å². The van der Waals surface area contributed by atoms with Crippen LogP contribution in [0, 0.1) is 0 Å². The molecule has 0 spiro atoms. The van der Waals surface area contributed by atoms with Crippen LogP contribution in [0.1, 0.15) is 20.8 Å². The summed E-state index contributed by atoms with van der Waals surface area (Å²) in [6.07, 6.45) is 1.81. The average Bonchev–Trinajstić information content (AvgIpc) is 2.49. The molecular formula is C10H19N3O2S. The molecule has 0 aromatic carbocycles. The van der Waals surface area contributed by atoms with E-state index in [1.807, 2.05) is 13.1 Å². The minimum absolute atomic E-state index is 0.118. The fraction of sp³-hybridized carbons (Fsp3) is 0.700. The van der Waals surface area contributed by atoms with Crippen molar-refractivity contribution in [3.8, 4) is 0 Å². The van der Waals surface area contributed by atoms with Crippen molar-refractivity contribution in [2.24, 2.45) is 7.05 Å². The van der Waals surface area contributed by atoms with Gasteiger partial charge in [-0.3, -0.25) is 4.68 Å². The SMILES string of the molecule is Cn1ccc(NCCS(=O)(=O)C(C)(C)C)n1. The molecular weight excluding hydrogens is 226 g/mol. The molecule has 1 aromatic heterocycles. The van der Waals surface area contributed by atoms with Crippen LogP contribution in [-0.2, 0) is 16.9 Å². The molecule has 0 aliphatic heterocycles. The van der Waals surface area contributed by atoms with Gasteiger partial charge < -0.3 is 5.32 Å². The van der Waals surface area contributed by atoms with Gasteiger partial charge in [0.15, 0.2) is 9.84 Å². The van der Waals surface area contributed by atoms with E-state index in [0.717, 1.165) is 0 Å². The highest BCUT2D eigenvalue weighted by atomic mass is 32.2. The second-order valence-corrected chi connectivity index (χ2v) is 7.60. The summed E-state index contributed by atoms with van der Waals surface area (Å²) in [4.78, 5) is 0. The van der Waals surface area contributed by atoms with Crippen LogP contribution in [0.15, 0.2) is 12.3 Å². The number of hydrogen-bond donors (Lipinski definition) is 1. The highest BCUT2D eigenvalue weighted by Crippen LogP contribution is 2.15. The van der Waals surface area contributed by atoms with Gasteiger partial charge in [-0.2, -0.15) is 5.10 Å². The van der Waals surface area contributed by atoms with Crippen LogP contribution in [0.5, 0.6) is 0 Å². The third kappa shape index (κ3) is 3.23. The molecule has 5 nitrogen and oxygen atoms in total. The number of nitrogens with zero attached hydrogens (tertiary/aromatic N) is 2. The maximum atomic E-state index is 11.8. The summed E-state index contributed by atoms with van der Waals surface area (Å²) >= 11 is 0. The van der Waals surface area contributed by atoms with Gasteiger partial charge in [0, 0.05) is 25.9 Å². The second-order valence-electron chi connectivity index (χ2n) is 4.73. The minimum atomic E-state index is -3.06. The number of aryl methyl sites for hydroxylation is 1. The van der Waals surface area contributed by atoms with E-state index in [2.05, 4.69) is 10.4 Å². The summed E-state index contributed by atoms with van der Waals surface area (Å²) in [5.74, 6) is 0.819. The second kappa shape index (κ2) is 4.45. The molecule has 1 N–H and O–H groups in total. The van der Waals surface area contributed by atoms with E-state index in [0.29, 0.717) is 12.4 Å². The Balaban J connectivity index is 2.48. The summed E-state index contributed by atoms with van der Waals surface area (Å²) < 4.78 is 24.5. The molecule has 0 saturated heterocycles. The summed E-state index contributed by atoms with van der Waals surface area (Å²) in [7, 11) is -1.24. The molecule has 0 unspecified atom stereocenters. The van der Waals surface area contributed by atoms with Crippen LogP contribution in [-0.4, -0.2) is 35.2 Å². The third-order valence-electron chi connectivity index (χ3n) is 2.32. The fourth-order valence-electron chi connectivity index (χ4n) is 1.13. The number of sulfone groups is 1. The van der Waals surface area contributed by atoms with E-state index < -0.39 is 14.6 Å². The number of aromatic nitrogens is 2. The first-order valence-electron chi connectivity index (χ1n) is 5.18. The van der Waals surface area contributed by atoms with E-state index in [4.69, 9.17) is 0 Å². The number of anilines is 1. The van der Waals surface area contributed by atoms with E-state index in [9.17, 15) is 8.42 Å². The van der Waals surface area contributed by atoms with Crippen LogP contribution in [0.4, 0.5) is 5.82 Å². The van der Waals surface area contributed by atoms with Crippen LogP contribution in [0.2, 0.25) is 0 Å². The first-order valence-corrected chi connectivity index (χ1v) is 6.83. The molecule has 1 rings (SSSR count). The summed E-state index contributed by atoms with van der Waals surface area (Å²) in [5, 5.41) is 7.09. The zero-order valence-corrected chi connectivity index (χ0v) is 11.0. The molecule has 1 aromatic rings. The Hall–Kier alpha value is -1.04. The Kier molecular flexibility index (Phi) is 3.62. The summed E-state index contributed by atoms with van der Waals surface area (Å²) in [6, 6.07) is 1.81. The van der Waals surface area contributed by atoms with E-state index in [1.54, 1.807) is 31.6 Å². The van der Waals surface area contributed by atoms with Gasteiger partial charge in [-0.15, -0.1) is 0 Å². The van der Waals surface area contributed by atoms with Crippen molar-refractivity contribution < 1.29 is 8.42 Å². The normalized spacial score (nSPS) is 12.8. The molecule has 0 atom stereocenters. The van der Waals surface area contributed by atoms with Gasteiger partial charge in [0.2, 0.25) is 0 Å². The van der Waals surface area contributed by atoms with Crippen molar-refractivity contribution in [3.05, 3.63) is 12.3 Å². The lowest BCUT2D eigenvalue weighted by Gasteiger charge is -2.19. The third-order valence-corrected chi connectivity index (χ3v) is 4.93. The molecule has 0 aliphatic carbocycles. The van der Waals surface area contributed by atoms with Gasteiger partial charge in [-0.25, -0.2) is 8.42 Å². The van der Waals surface area contributed by atoms with Gasteiger partial charge >= 0.3 is 0 Å². The van der Waals surface area contributed by atoms with Crippen LogP contribution in [0.3, 0.4) is 0 Å². The van der Waals surface area contributed by atoms with Gasteiger partial charge in [0.05, 0.1) is 10.5 Å². The molecule has 0 saturated carbocycles. The number of nitrogens with one attached hydrogen (secondary N) is 1. The molecule has 92 valence electrons. The molecule has 0 bridgehead atoms. The van der Waals surface area contributed by atoms with Crippen molar-refractivity contribution in [1.82, 2.24) is 9.78 Å².